The first-order valence-electron chi connectivity index (χ1n) is 11.1. The fourth-order valence-corrected chi connectivity index (χ4v) is 4.56. The van der Waals surface area contributed by atoms with Crippen LogP contribution in [0.4, 0.5) is 5.13 Å². The van der Waals surface area contributed by atoms with Crippen LogP contribution in [0.1, 0.15) is 43.4 Å². The molecule has 4 rings (SSSR count). The average molecular weight is 479 g/mol. The van der Waals surface area contributed by atoms with Gasteiger partial charge in [0.25, 0.3) is 5.78 Å². The van der Waals surface area contributed by atoms with Crippen LogP contribution >= 0.6 is 11.3 Å². The number of thiazole rings is 1. The zero-order valence-corrected chi connectivity index (χ0v) is 19.9. The van der Waals surface area contributed by atoms with E-state index in [0.717, 1.165) is 19.3 Å². The minimum atomic E-state index is -0.827. The number of amides is 1. The highest BCUT2D eigenvalue weighted by Crippen LogP contribution is 2.43. The van der Waals surface area contributed by atoms with Crippen LogP contribution in [0.15, 0.2) is 65.7 Å². The van der Waals surface area contributed by atoms with Crippen LogP contribution in [-0.2, 0) is 9.59 Å². The van der Waals surface area contributed by atoms with E-state index in [0.29, 0.717) is 34.4 Å². The van der Waals surface area contributed by atoms with Crippen LogP contribution in [0.3, 0.4) is 0 Å². The summed E-state index contributed by atoms with van der Waals surface area (Å²) in [4.78, 5) is 31.8. The first kappa shape index (κ1) is 23.5. The molecule has 2 heterocycles. The van der Waals surface area contributed by atoms with Gasteiger partial charge in [-0.1, -0.05) is 44.0 Å². The molecule has 0 bridgehead atoms. The van der Waals surface area contributed by atoms with Crippen LogP contribution < -0.4 is 14.4 Å². The molecule has 0 spiro atoms. The minimum absolute atomic E-state index is 0.00469. The lowest BCUT2D eigenvalue weighted by atomic mass is 9.95. The molecule has 1 aromatic heterocycles. The predicted octanol–water partition coefficient (Wildman–Crippen LogP) is 5.35. The Morgan fingerprint density at radius 3 is 2.59 bits per heavy atom. The first-order valence-corrected chi connectivity index (χ1v) is 12.0. The Balaban J connectivity index is 1.76. The van der Waals surface area contributed by atoms with Crippen molar-refractivity contribution in [1.29, 1.82) is 0 Å². The van der Waals surface area contributed by atoms with Crippen LogP contribution in [0.2, 0.25) is 0 Å². The summed E-state index contributed by atoms with van der Waals surface area (Å²) in [6, 6.07) is 13.2. The number of nitrogens with zero attached hydrogens (tertiary/aromatic N) is 2. The van der Waals surface area contributed by atoms with Crippen LogP contribution in [0.5, 0.6) is 11.5 Å². The Morgan fingerprint density at radius 2 is 1.91 bits per heavy atom. The maximum atomic E-state index is 13.1. The molecular formula is C26H26N2O5S. The van der Waals surface area contributed by atoms with Crippen molar-refractivity contribution < 1.29 is 24.2 Å². The summed E-state index contributed by atoms with van der Waals surface area (Å²) < 4.78 is 11.1. The summed E-state index contributed by atoms with van der Waals surface area (Å²) in [5.74, 6) is -0.524. The highest BCUT2D eigenvalue weighted by molar-refractivity contribution is 7.14. The third-order valence-electron chi connectivity index (χ3n) is 5.63. The Hall–Kier alpha value is -3.65. The molecule has 3 aromatic rings. The molecule has 2 aromatic carbocycles. The first-order chi connectivity index (χ1) is 16.5. The smallest absolute Gasteiger partial charge is 0.301 e. The maximum absolute atomic E-state index is 13.1. The van der Waals surface area contributed by atoms with E-state index in [2.05, 4.69) is 11.9 Å². The molecule has 0 radical (unpaired) electrons. The van der Waals surface area contributed by atoms with Gasteiger partial charge in [0.15, 0.2) is 5.13 Å². The third kappa shape index (κ3) is 4.68. The molecule has 1 amide bonds. The van der Waals surface area contributed by atoms with Gasteiger partial charge in [0.2, 0.25) is 0 Å². The van der Waals surface area contributed by atoms with Crippen molar-refractivity contribution in [3.63, 3.8) is 0 Å². The number of Topliss-reactive ketones (excluding diaryl/α,β-unsaturated/α-hetero) is 1. The van der Waals surface area contributed by atoms with E-state index in [1.165, 1.54) is 23.3 Å². The zero-order chi connectivity index (χ0) is 24.1. The second-order valence-corrected chi connectivity index (χ2v) is 8.71. The molecule has 34 heavy (non-hydrogen) atoms. The summed E-state index contributed by atoms with van der Waals surface area (Å²) in [7, 11) is 1.52. The topological polar surface area (TPSA) is 89.0 Å². The lowest BCUT2D eigenvalue weighted by molar-refractivity contribution is -0.132. The molecule has 1 aliphatic heterocycles. The molecule has 7 nitrogen and oxygen atoms in total. The van der Waals surface area contributed by atoms with Crippen LogP contribution in [-0.4, -0.2) is 35.5 Å². The lowest BCUT2D eigenvalue weighted by Crippen LogP contribution is -2.29. The van der Waals surface area contributed by atoms with Crippen molar-refractivity contribution in [1.82, 2.24) is 4.98 Å². The number of anilines is 1. The number of rotatable bonds is 9. The summed E-state index contributed by atoms with van der Waals surface area (Å²) in [5.41, 5.74) is 1.06. The largest absolute Gasteiger partial charge is 0.507 e. The Bertz CT molecular complexity index is 1190. The second-order valence-electron chi connectivity index (χ2n) is 7.84. The van der Waals surface area contributed by atoms with Crippen molar-refractivity contribution in [2.24, 2.45) is 0 Å². The van der Waals surface area contributed by atoms with Gasteiger partial charge in [-0.25, -0.2) is 4.98 Å². The molecule has 1 N–H and O–H groups in total. The van der Waals surface area contributed by atoms with E-state index in [4.69, 9.17) is 9.47 Å². The molecule has 8 heteroatoms. The van der Waals surface area contributed by atoms with Crippen molar-refractivity contribution in [3.8, 4) is 11.5 Å². The number of ether oxygens (including phenoxy) is 2. The van der Waals surface area contributed by atoms with Crippen LogP contribution in [0, 0.1) is 0 Å². The molecule has 1 aliphatic rings. The summed E-state index contributed by atoms with van der Waals surface area (Å²) >= 11 is 1.25. The fourth-order valence-electron chi connectivity index (χ4n) is 3.89. The monoisotopic (exact) mass is 478 g/mol. The number of ketones is 1. The van der Waals surface area contributed by atoms with Gasteiger partial charge in [-0.15, -0.1) is 11.3 Å². The normalized spacial score (nSPS) is 17.2. The fraction of sp³-hybridized carbons (Fsp3) is 0.269. The van der Waals surface area contributed by atoms with E-state index in [1.807, 2.05) is 24.3 Å². The van der Waals surface area contributed by atoms with Gasteiger partial charge in [-0.05, 0) is 36.2 Å². The number of aromatic nitrogens is 1. The van der Waals surface area contributed by atoms with Gasteiger partial charge in [0, 0.05) is 17.1 Å². The molecule has 176 valence electrons. The van der Waals surface area contributed by atoms with E-state index in [-0.39, 0.29) is 11.3 Å². The zero-order valence-electron chi connectivity index (χ0n) is 19.1. The molecule has 0 aliphatic carbocycles. The molecule has 1 unspecified atom stereocenters. The standard InChI is InChI=1S/C26H26N2O5S/c1-3-4-5-14-33-19-11-9-17(10-12-19)22-21(23(29)18-7-6-8-20(16-18)32-2)24(30)25(31)28(22)26-27-13-15-34-26/h6-13,15-16,22,29H,3-5,14H2,1-2H3. The van der Waals surface area contributed by atoms with Crippen molar-refractivity contribution in [2.45, 2.75) is 32.2 Å². The van der Waals surface area contributed by atoms with Gasteiger partial charge < -0.3 is 14.6 Å². The van der Waals surface area contributed by atoms with E-state index in [1.54, 1.807) is 35.8 Å². The van der Waals surface area contributed by atoms with Crippen LogP contribution in [0.25, 0.3) is 5.76 Å². The summed E-state index contributed by atoms with van der Waals surface area (Å²) in [6.07, 6.45) is 4.77. The Labute approximate surface area is 202 Å². The number of hydrogen-bond acceptors (Lipinski definition) is 7. The van der Waals surface area contributed by atoms with Gasteiger partial charge in [-0.3, -0.25) is 14.5 Å². The predicted molar refractivity (Wildman–Crippen MR) is 131 cm³/mol. The van der Waals surface area contributed by atoms with Gasteiger partial charge in [0.1, 0.15) is 17.3 Å². The molecule has 1 saturated heterocycles. The number of carbonyl (C=O) groups excluding carboxylic acids is 2. The van der Waals surface area contributed by atoms with E-state index in [9.17, 15) is 14.7 Å². The SMILES string of the molecule is CCCCCOc1ccc(C2C(=C(O)c3cccc(OC)c3)C(=O)C(=O)N2c2nccs2)cc1. The van der Waals surface area contributed by atoms with Gasteiger partial charge in [-0.2, -0.15) is 0 Å². The maximum Gasteiger partial charge on any atom is 0.301 e. The summed E-state index contributed by atoms with van der Waals surface area (Å²) in [6.45, 7) is 2.76. The number of benzene rings is 2. The van der Waals surface area contributed by atoms with E-state index < -0.39 is 17.7 Å². The lowest BCUT2D eigenvalue weighted by Gasteiger charge is -2.23. The molecular weight excluding hydrogens is 452 g/mol. The van der Waals surface area contributed by atoms with Gasteiger partial charge >= 0.3 is 5.91 Å². The second kappa shape index (κ2) is 10.5. The highest BCUT2D eigenvalue weighted by atomic mass is 32.1. The Kier molecular flexibility index (Phi) is 7.27. The number of methoxy groups -OCH3 is 1. The van der Waals surface area contributed by atoms with Gasteiger partial charge in [0.05, 0.1) is 25.3 Å². The van der Waals surface area contributed by atoms with Crippen molar-refractivity contribution in [2.75, 3.05) is 18.6 Å². The summed E-state index contributed by atoms with van der Waals surface area (Å²) in [5, 5.41) is 13.3. The average Bonchev–Trinajstić information content (AvgIpc) is 3.48. The Morgan fingerprint density at radius 1 is 1.12 bits per heavy atom. The number of unbranched alkanes of at least 4 members (excludes halogenated alkanes) is 2. The third-order valence-corrected chi connectivity index (χ3v) is 6.40. The number of aliphatic hydroxyl groups is 1. The molecule has 1 atom stereocenters. The number of aliphatic hydroxyl groups excluding tert-OH is 1. The minimum Gasteiger partial charge on any atom is -0.507 e. The van der Waals surface area contributed by atoms with Crippen molar-refractivity contribution in [3.05, 3.63) is 76.8 Å². The molecule has 0 saturated carbocycles. The number of hydrogen-bond donors (Lipinski definition) is 1. The molecule has 1 fully saturated rings. The van der Waals surface area contributed by atoms with E-state index >= 15 is 0 Å². The van der Waals surface area contributed by atoms with Crippen molar-refractivity contribution >= 4 is 33.9 Å². The number of carbonyl (C=O) groups is 2. The quantitative estimate of drug-likeness (QED) is 0.193. The highest BCUT2D eigenvalue weighted by Gasteiger charge is 2.48.